The lowest BCUT2D eigenvalue weighted by atomic mass is 10.3. The zero-order chi connectivity index (χ0) is 13.8. The van der Waals surface area contributed by atoms with Crippen LogP contribution in [0.1, 0.15) is 6.92 Å². The lowest BCUT2D eigenvalue weighted by molar-refractivity contribution is -0.117. The van der Waals surface area contributed by atoms with Gasteiger partial charge in [-0.15, -0.1) is 10.2 Å². The number of nitrogens with two attached hydrogens (primary N) is 1. The quantitative estimate of drug-likeness (QED) is 0.829. The highest BCUT2D eigenvalue weighted by atomic mass is 35.5. The predicted octanol–water partition coefficient (Wildman–Crippen LogP) is 2.90. The molecule has 0 radical (unpaired) electrons. The van der Waals surface area contributed by atoms with Gasteiger partial charge in [0.1, 0.15) is 0 Å². The topological polar surface area (TPSA) is 80.9 Å². The largest absolute Gasteiger partial charge is 0.369 e. The van der Waals surface area contributed by atoms with Crippen LogP contribution in [-0.4, -0.2) is 21.4 Å². The van der Waals surface area contributed by atoms with Crippen LogP contribution in [0, 0.1) is 0 Å². The highest BCUT2D eigenvalue weighted by Gasteiger charge is 2.14. The number of carbonyl (C=O) groups excluding carboxylic acids is 1. The van der Waals surface area contributed by atoms with Gasteiger partial charge >= 0.3 is 0 Å². The van der Waals surface area contributed by atoms with Crippen molar-refractivity contribution < 1.29 is 4.79 Å². The number of nitrogens with zero attached hydrogens (tertiary/aromatic N) is 2. The van der Waals surface area contributed by atoms with Gasteiger partial charge in [0.15, 0.2) is 4.34 Å². The number of rotatable bonds is 5. The second-order valence-electron chi connectivity index (χ2n) is 3.67. The third-order valence-corrected chi connectivity index (χ3v) is 4.44. The average Bonchev–Trinajstić information content (AvgIpc) is 2.76. The molecule has 5 nitrogen and oxygen atoms in total. The van der Waals surface area contributed by atoms with Gasteiger partial charge in [0, 0.05) is 10.7 Å². The maximum absolute atomic E-state index is 11.0. The minimum absolute atomic E-state index is 0.327. The summed E-state index contributed by atoms with van der Waals surface area (Å²) in [6.07, 6.45) is 0. The van der Waals surface area contributed by atoms with Gasteiger partial charge in [-0.2, -0.15) is 0 Å². The van der Waals surface area contributed by atoms with Gasteiger partial charge < -0.3 is 11.1 Å². The first-order valence-corrected chi connectivity index (χ1v) is 7.44. The Morgan fingerprint density at radius 3 is 3.00 bits per heavy atom. The van der Waals surface area contributed by atoms with Crippen molar-refractivity contribution in [1.82, 2.24) is 10.2 Å². The van der Waals surface area contributed by atoms with E-state index in [1.165, 1.54) is 23.1 Å². The Morgan fingerprint density at radius 1 is 1.53 bits per heavy atom. The number of hydrogen-bond donors (Lipinski definition) is 2. The van der Waals surface area contributed by atoms with Crippen molar-refractivity contribution in [3.8, 4) is 0 Å². The minimum Gasteiger partial charge on any atom is -0.369 e. The first kappa shape index (κ1) is 14.1. The molecule has 1 aromatic heterocycles. The fraction of sp³-hybridized carbons (Fsp3) is 0.182. The van der Waals surface area contributed by atoms with Gasteiger partial charge in [-0.05, 0) is 25.1 Å². The maximum atomic E-state index is 11.0. The second-order valence-corrected chi connectivity index (χ2v) is 6.67. The van der Waals surface area contributed by atoms with E-state index in [-0.39, 0.29) is 11.2 Å². The average molecular weight is 315 g/mol. The minimum atomic E-state index is -0.371. The summed E-state index contributed by atoms with van der Waals surface area (Å²) >= 11 is 8.54. The summed E-state index contributed by atoms with van der Waals surface area (Å²) in [4.78, 5) is 11.0. The Balaban J connectivity index is 2.03. The number of anilines is 2. The molecule has 0 spiro atoms. The SMILES string of the molecule is C[C@@H](Sc1nnc(Nc2cccc(Cl)c2)s1)C(N)=O. The molecule has 0 aliphatic carbocycles. The van der Waals surface area contributed by atoms with Crippen molar-refractivity contribution in [3.05, 3.63) is 29.3 Å². The van der Waals surface area contributed by atoms with Crippen LogP contribution < -0.4 is 11.1 Å². The van der Waals surface area contributed by atoms with Crippen LogP contribution in [0.2, 0.25) is 5.02 Å². The Kier molecular flexibility index (Phi) is 4.62. The molecule has 1 aromatic carbocycles. The van der Waals surface area contributed by atoms with E-state index in [1.54, 1.807) is 19.1 Å². The van der Waals surface area contributed by atoms with Gasteiger partial charge in [0.05, 0.1) is 5.25 Å². The maximum Gasteiger partial charge on any atom is 0.230 e. The lowest BCUT2D eigenvalue weighted by Crippen LogP contribution is -2.22. The van der Waals surface area contributed by atoms with Crippen molar-refractivity contribution in [2.75, 3.05) is 5.32 Å². The van der Waals surface area contributed by atoms with Crippen LogP contribution in [0.3, 0.4) is 0 Å². The van der Waals surface area contributed by atoms with E-state index in [2.05, 4.69) is 15.5 Å². The number of thioether (sulfide) groups is 1. The van der Waals surface area contributed by atoms with Crippen LogP contribution in [0.25, 0.3) is 0 Å². The molecular weight excluding hydrogens is 304 g/mol. The molecule has 1 heterocycles. The molecule has 0 saturated carbocycles. The molecule has 2 rings (SSSR count). The van der Waals surface area contributed by atoms with Crippen molar-refractivity contribution in [2.45, 2.75) is 16.5 Å². The van der Waals surface area contributed by atoms with Gasteiger partial charge in [-0.3, -0.25) is 4.79 Å². The third kappa shape index (κ3) is 4.09. The number of benzene rings is 1. The third-order valence-electron chi connectivity index (χ3n) is 2.16. The molecule has 0 aliphatic rings. The molecule has 0 saturated heterocycles. The summed E-state index contributed by atoms with van der Waals surface area (Å²) in [6, 6.07) is 7.31. The van der Waals surface area contributed by atoms with Crippen molar-refractivity contribution in [2.24, 2.45) is 5.73 Å². The molecule has 1 atom stereocenters. The van der Waals surface area contributed by atoms with E-state index in [0.717, 1.165) is 5.69 Å². The normalized spacial score (nSPS) is 12.1. The van der Waals surface area contributed by atoms with Gasteiger partial charge in [-0.25, -0.2) is 0 Å². The highest BCUT2D eigenvalue weighted by molar-refractivity contribution is 8.02. The van der Waals surface area contributed by atoms with Crippen LogP contribution in [0.5, 0.6) is 0 Å². The zero-order valence-electron chi connectivity index (χ0n) is 9.96. The van der Waals surface area contributed by atoms with Crippen LogP contribution in [0.4, 0.5) is 10.8 Å². The molecular formula is C11H11ClN4OS2. The number of hydrogen-bond acceptors (Lipinski definition) is 6. The summed E-state index contributed by atoms with van der Waals surface area (Å²) < 4.78 is 0.691. The Bertz CT molecular complexity index is 590. The number of aromatic nitrogens is 2. The molecule has 19 heavy (non-hydrogen) atoms. The number of primary amides is 1. The fourth-order valence-corrected chi connectivity index (χ4v) is 3.26. The molecule has 8 heteroatoms. The Labute approximate surface area is 123 Å². The number of amides is 1. The molecule has 2 aromatic rings. The summed E-state index contributed by atoms with van der Waals surface area (Å²) in [6.45, 7) is 1.73. The first-order valence-electron chi connectivity index (χ1n) is 5.36. The van der Waals surface area contributed by atoms with E-state index in [0.29, 0.717) is 14.5 Å². The predicted molar refractivity (Wildman–Crippen MR) is 79.2 cm³/mol. The smallest absolute Gasteiger partial charge is 0.230 e. The monoisotopic (exact) mass is 314 g/mol. The Morgan fingerprint density at radius 2 is 2.32 bits per heavy atom. The summed E-state index contributed by atoms with van der Waals surface area (Å²) in [5.74, 6) is -0.371. The van der Waals surface area contributed by atoms with E-state index in [9.17, 15) is 4.79 Å². The fourth-order valence-electron chi connectivity index (χ4n) is 1.21. The van der Waals surface area contributed by atoms with Crippen LogP contribution in [-0.2, 0) is 4.79 Å². The molecule has 0 aliphatic heterocycles. The van der Waals surface area contributed by atoms with E-state index in [4.69, 9.17) is 17.3 Å². The van der Waals surface area contributed by atoms with Gasteiger partial charge in [0.2, 0.25) is 11.0 Å². The number of halogens is 1. The number of nitrogens with one attached hydrogen (secondary N) is 1. The molecule has 0 unspecified atom stereocenters. The lowest BCUT2D eigenvalue weighted by Gasteiger charge is -2.02. The van der Waals surface area contributed by atoms with Gasteiger partial charge in [0.25, 0.3) is 0 Å². The van der Waals surface area contributed by atoms with E-state index < -0.39 is 0 Å². The van der Waals surface area contributed by atoms with Gasteiger partial charge in [-0.1, -0.05) is 40.8 Å². The summed E-state index contributed by atoms with van der Waals surface area (Å²) in [5.41, 5.74) is 6.03. The highest BCUT2D eigenvalue weighted by Crippen LogP contribution is 2.30. The zero-order valence-corrected chi connectivity index (χ0v) is 12.4. The standard InChI is InChI=1S/C11H11ClN4OS2/c1-6(9(13)17)18-11-16-15-10(19-11)14-8-4-2-3-7(12)5-8/h2-6H,1H3,(H2,13,17)(H,14,15)/t6-/m1/s1. The molecule has 1 amide bonds. The van der Waals surface area contributed by atoms with Crippen LogP contribution >= 0.6 is 34.7 Å². The van der Waals surface area contributed by atoms with E-state index >= 15 is 0 Å². The second kappa shape index (κ2) is 6.23. The molecule has 0 bridgehead atoms. The summed E-state index contributed by atoms with van der Waals surface area (Å²) in [5, 5.41) is 12.0. The number of carbonyl (C=O) groups is 1. The van der Waals surface area contributed by atoms with Crippen LogP contribution in [0.15, 0.2) is 28.6 Å². The van der Waals surface area contributed by atoms with Crippen molar-refractivity contribution in [1.29, 1.82) is 0 Å². The molecule has 100 valence electrons. The first-order chi connectivity index (χ1) is 9.04. The summed E-state index contributed by atoms with van der Waals surface area (Å²) in [7, 11) is 0. The molecule has 3 N–H and O–H groups in total. The van der Waals surface area contributed by atoms with Crippen molar-refractivity contribution >= 4 is 51.4 Å². The Hall–Kier alpha value is -1.31. The molecule has 0 fully saturated rings. The van der Waals surface area contributed by atoms with Crippen molar-refractivity contribution in [3.63, 3.8) is 0 Å². The van der Waals surface area contributed by atoms with E-state index in [1.807, 2.05) is 12.1 Å².